The number of methoxy groups -OCH3 is 1. The molecule has 2 heterocycles. The number of anilines is 3. The molecule has 1 saturated heterocycles. The number of piperidine rings is 1. The Labute approximate surface area is 176 Å². The molecular formula is C23H25ClN4O. The SMILES string of the molecule is COc1ccc(Nc2nc(Cl)cc(N3CCC(Cc4ccccc4)CC3)n2)cc1. The third-order valence-corrected chi connectivity index (χ3v) is 5.53. The fourth-order valence-electron chi connectivity index (χ4n) is 3.74. The van der Waals surface area contributed by atoms with Crippen LogP contribution in [0.25, 0.3) is 0 Å². The Kier molecular flexibility index (Phi) is 6.15. The first-order valence-electron chi connectivity index (χ1n) is 9.94. The zero-order valence-electron chi connectivity index (χ0n) is 16.5. The molecule has 1 aliphatic rings. The van der Waals surface area contributed by atoms with Crippen molar-refractivity contribution in [3.05, 3.63) is 71.4 Å². The Bertz CT molecular complexity index is 925. The summed E-state index contributed by atoms with van der Waals surface area (Å²) in [6, 6.07) is 20.2. The first kappa shape index (κ1) is 19.5. The second-order valence-corrected chi connectivity index (χ2v) is 7.73. The molecule has 2 aromatic carbocycles. The maximum Gasteiger partial charge on any atom is 0.230 e. The molecule has 150 valence electrons. The van der Waals surface area contributed by atoms with Crippen molar-refractivity contribution in [1.82, 2.24) is 9.97 Å². The number of nitrogens with one attached hydrogen (secondary N) is 1. The molecule has 4 rings (SSSR count). The van der Waals surface area contributed by atoms with Crippen LogP contribution in [0.5, 0.6) is 5.75 Å². The molecule has 0 unspecified atom stereocenters. The van der Waals surface area contributed by atoms with Gasteiger partial charge in [-0.25, -0.2) is 4.98 Å². The molecule has 1 aromatic heterocycles. The van der Waals surface area contributed by atoms with Crippen molar-refractivity contribution in [3.8, 4) is 5.75 Å². The molecule has 0 atom stereocenters. The monoisotopic (exact) mass is 408 g/mol. The topological polar surface area (TPSA) is 50.3 Å². The number of aromatic nitrogens is 2. The Morgan fingerprint density at radius 1 is 1.03 bits per heavy atom. The van der Waals surface area contributed by atoms with Crippen LogP contribution >= 0.6 is 11.6 Å². The Balaban J connectivity index is 1.40. The summed E-state index contributed by atoms with van der Waals surface area (Å²) in [5.41, 5.74) is 2.31. The van der Waals surface area contributed by atoms with Gasteiger partial charge in [0.05, 0.1) is 7.11 Å². The van der Waals surface area contributed by atoms with E-state index in [4.69, 9.17) is 21.3 Å². The number of halogens is 1. The van der Waals surface area contributed by atoms with Crippen LogP contribution in [0, 0.1) is 5.92 Å². The summed E-state index contributed by atoms with van der Waals surface area (Å²) in [6.07, 6.45) is 3.44. The lowest BCUT2D eigenvalue weighted by Crippen LogP contribution is -2.35. The number of benzene rings is 2. The van der Waals surface area contributed by atoms with E-state index in [1.807, 2.05) is 30.3 Å². The van der Waals surface area contributed by atoms with Crippen LogP contribution in [-0.2, 0) is 6.42 Å². The van der Waals surface area contributed by atoms with Crippen molar-refractivity contribution in [3.63, 3.8) is 0 Å². The summed E-state index contributed by atoms with van der Waals surface area (Å²) in [4.78, 5) is 11.3. The summed E-state index contributed by atoms with van der Waals surface area (Å²) < 4.78 is 5.20. The molecule has 6 heteroatoms. The highest BCUT2D eigenvalue weighted by Gasteiger charge is 2.21. The number of nitrogens with zero attached hydrogens (tertiary/aromatic N) is 3. The Morgan fingerprint density at radius 2 is 1.76 bits per heavy atom. The lowest BCUT2D eigenvalue weighted by molar-refractivity contribution is 0.402. The van der Waals surface area contributed by atoms with E-state index in [1.54, 1.807) is 7.11 Å². The zero-order chi connectivity index (χ0) is 20.1. The molecule has 0 spiro atoms. The number of hydrogen-bond acceptors (Lipinski definition) is 5. The van der Waals surface area contributed by atoms with Crippen LogP contribution in [0.3, 0.4) is 0 Å². The minimum atomic E-state index is 0.442. The van der Waals surface area contributed by atoms with Gasteiger partial charge in [-0.1, -0.05) is 41.9 Å². The van der Waals surface area contributed by atoms with E-state index in [1.165, 1.54) is 5.56 Å². The van der Waals surface area contributed by atoms with Gasteiger partial charge in [0.2, 0.25) is 5.95 Å². The largest absolute Gasteiger partial charge is 0.497 e. The van der Waals surface area contributed by atoms with Crippen LogP contribution < -0.4 is 15.0 Å². The van der Waals surface area contributed by atoms with E-state index < -0.39 is 0 Å². The van der Waals surface area contributed by atoms with Crippen LogP contribution in [0.1, 0.15) is 18.4 Å². The molecule has 0 bridgehead atoms. The van der Waals surface area contributed by atoms with Gasteiger partial charge in [0.15, 0.2) is 0 Å². The molecule has 5 nitrogen and oxygen atoms in total. The zero-order valence-corrected chi connectivity index (χ0v) is 17.3. The third-order valence-electron chi connectivity index (χ3n) is 5.33. The van der Waals surface area contributed by atoms with Crippen LogP contribution in [0.15, 0.2) is 60.7 Å². The predicted octanol–water partition coefficient (Wildman–Crippen LogP) is 5.34. The minimum absolute atomic E-state index is 0.442. The third kappa shape index (κ3) is 5.18. The smallest absolute Gasteiger partial charge is 0.230 e. The standard InChI is InChI=1S/C23H25ClN4O/c1-29-20-9-7-19(8-10-20)25-23-26-21(24)16-22(27-23)28-13-11-18(12-14-28)15-17-5-3-2-4-6-17/h2-10,16,18H,11-15H2,1H3,(H,25,26,27). The lowest BCUT2D eigenvalue weighted by atomic mass is 9.90. The van der Waals surface area contributed by atoms with Gasteiger partial charge in [0.25, 0.3) is 0 Å². The van der Waals surface area contributed by atoms with Crippen molar-refractivity contribution in [1.29, 1.82) is 0 Å². The van der Waals surface area contributed by atoms with Gasteiger partial charge in [-0.05, 0) is 55.0 Å². The molecule has 1 aliphatic heterocycles. The molecule has 1 fully saturated rings. The van der Waals surface area contributed by atoms with E-state index >= 15 is 0 Å². The lowest BCUT2D eigenvalue weighted by Gasteiger charge is -2.33. The van der Waals surface area contributed by atoms with Gasteiger partial charge in [-0.15, -0.1) is 0 Å². The van der Waals surface area contributed by atoms with Gasteiger partial charge in [-0.3, -0.25) is 0 Å². The van der Waals surface area contributed by atoms with Crippen molar-refractivity contribution in [2.24, 2.45) is 5.92 Å². The van der Waals surface area contributed by atoms with Crippen molar-refractivity contribution < 1.29 is 4.74 Å². The molecule has 0 aliphatic carbocycles. The van der Waals surface area contributed by atoms with E-state index in [9.17, 15) is 0 Å². The van der Waals surface area contributed by atoms with Crippen LogP contribution in [0.4, 0.5) is 17.5 Å². The highest BCUT2D eigenvalue weighted by Crippen LogP contribution is 2.27. The summed E-state index contributed by atoms with van der Waals surface area (Å²) >= 11 is 6.28. The van der Waals surface area contributed by atoms with Gasteiger partial charge in [0, 0.05) is 24.8 Å². The van der Waals surface area contributed by atoms with Gasteiger partial charge in [-0.2, -0.15) is 4.98 Å². The molecule has 1 N–H and O–H groups in total. The first-order valence-corrected chi connectivity index (χ1v) is 10.3. The van der Waals surface area contributed by atoms with Gasteiger partial charge in [0.1, 0.15) is 16.7 Å². The number of ether oxygens (including phenoxy) is 1. The molecule has 0 amide bonds. The van der Waals surface area contributed by atoms with E-state index in [0.29, 0.717) is 17.0 Å². The molecule has 3 aromatic rings. The highest BCUT2D eigenvalue weighted by atomic mass is 35.5. The predicted molar refractivity (Wildman–Crippen MR) is 118 cm³/mol. The molecular weight excluding hydrogens is 384 g/mol. The fourth-order valence-corrected chi connectivity index (χ4v) is 3.92. The van der Waals surface area contributed by atoms with Crippen molar-refractivity contribution in [2.75, 3.05) is 30.4 Å². The van der Waals surface area contributed by atoms with E-state index in [2.05, 4.69) is 45.5 Å². The Morgan fingerprint density at radius 3 is 2.45 bits per heavy atom. The first-order chi connectivity index (χ1) is 14.2. The van der Waals surface area contributed by atoms with Crippen molar-refractivity contribution >= 4 is 29.1 Å². The van der Waals surface area contributed by atoms with Crippen LogP contribution in [0.2, 0.25) is 5.15 Å². The average molecular weight is 409 g/mol. The second kappa shape index (κ2) is 9.14. The highest BCUT2D eigenvalue weighted by molar-refractivity contribution is 6.29. The average Bonchev–Trinajstić information content (AvgIpc) is 2.75. The summed E-state index contributed by atoms with van der Waals surface area (Å²) in [5.74, 6) is 2.90. The van der Waals surface area contributed by atoms with Crippen molar-refractivity contribution in [2.45, 2.75) is 19.3 Å². The maximum absolute atomic E-state index is 6.28. The number of hydrogen-bond donors (Lipinski definition) is 1. The van der Waals surface area contributed by atoms with E-state index in [-0.39, 0.29) is 0 Å². The normalized spacial score (nSPS) is 14.6. The van der Waals surface area contributed by atoms with Gasteiger partial charge < -0.3 is 15.0 Å². The second-order valence-electron chi connectivity index (χ2n) is 7.35. The minimum Gasteiger partial charge on any atom is -0.497 e. The summed E-state index contributed by atoms with van der Waals surface area (Å²) in [5, 5.41) is 3.67. The van der Waals surface area contributed by atoms with Crippen LogP contribution in [-0.4, -0.2) is 30.2 Å². The quantitative estimate of drug-likeness (QED) is 0.558. The molecule has 29 heavy (non-hydrogen) atoms. The molecule has 0 radical (unpaired) electrons. The van der Waals surface area contributed by atoms with Gasteiger partial charge >= 0.3 is 0 Å². The Hall–Kier alpha value is -2.79. The summed E-state index contributed by atoms with van der Waals surface area (Å²) in [6.45, 7) is 1.96. The molecule has 0 saturated carbocycles. The fraction of sp³-hybridized carbons (Fsp3) is 0.304. The maximum atomic E-state index is 6.28. The van der Waals surface area contributed by atoms with E-state index in [0.717, 1.165) is 49.6 Å². The summed E-state index contributed by atoms with van der Waals surface area (Å²) in [7, 11) is 1.65. The number of rotatable bonds is 6.